The van der Waals surface area contributed by atoms with Gasteiger partial charge in [-0.1, -0.05) is 133 Å². The summed E-state index contributed by atoms with van der Waals surface area (Å²) in [7, 11) is -3.01. The summed E-state index contributed by atoms with van der Waals surface area (Å²) in [4.78, 5) is 58.3. The number of carbonyl (C=O) groups excluding carboxylic acids is 3. The zero-order valence-corrected chi connectivity index (χ0v) is 44.5. The fraction of sp³-hybridized carbons (Fsp3) is 0.900. The number of methoxy groups -OCH3 is 1. The Morgan fingerprint density at radius 3 is 1.99 bits per heavy atom. The fourth-order valence-electron chi connectivity index (χ4n) is 9.10. The number of phosphoric acid groups is 1. The van der Waals surface area contributed by atoms with Crippen LogP contribution < -0.4 is 10.6 Å². The van der Waals surface area contributed by atoms with Gasteiger partial charge in [-0.05, 0) is 65.8 Å². The zero-order valence-electron chi connectivity index (χ0n) is 42.9. The third-order valence-corrected chi connectivity index (χ3v) is 14.6. The topological polar surface area (TPSA) is 230 Å². The van der Waals surface area contributed by atoms with Gasteiger partial charge in [-0.25, -0.2) is 9.36 Å². The number of halogens is 1. The number of nitrogens with one attached hydrogen (secondary N) is 2. The van der Waals surface area contributed by atoms with Gasteiger partial charge < -0.3 is 44.3 Å². The molecule has 1 saturated carbocycles. The van der Waals surface area contributed by atoms with Crippen molar-refractivity contribution in [1.29, 1.82) is 0 Å². The zero-order chi connectivity index (χ0) is 50.8. The van der Waals surface area contributed by atoms with Crippen molar-refractivity contribution >= 4 is 37.5 Å². The second-order valence-corrected chi connectivity index (χ2v) is 21.1. The molecule has 2 rings (SSSR count). The number of esters is 2. The lowest BCUT2D eigenvalue weighted by Crippen LogP contribution is -2.61. The number of rotatable bonds is 43. The van der Waals surface area contributed by atoms with Crippen LogP contribution in [0.2, 0.25) is 0 Å². The van der Waals surface area contributed by atoms with E-state index in [4.69, 9.17) is 44.3 Å². The highest BCUT2D eigenvalue weighted by Gasteiger charge is 2.67. The van der Waals surface area contributed by atoms with E-state index in [1.54, 1.807) is 7.11 Å². The first kappa shape index (κ1) is 62.9. The molecule has 402 valence electrons. The standard InChI is InChI=1S/C50H91ClN3O14P/c1-6-7-8-9-10-11-12-13-14-15-16-17-20-23-26-44(55)63-37-41(38-65-69(60,61)64-36-35-54-59)66-45(56)27-24-21-18-19-22-25-32-52-33-34-53-48(57)67-42-30-31-50(58,39-51)47(46(42)62-5)49(4)43(68-49)29-28-40(2)3/h28,41-43,46-47,52,58H,6-27,29-39H2,1-5H3,(H,53,57)(H,60,61)/t41?,42-,43-,46-,47-,49+,50+/m1/s1. The maximum absolute atomic E-state index is 12.8. The highest BCUT2D eigenvalue weighted by molar-refractivity contribution is 7.47. The van der Waals surface area contributed by atoms with Gasteiger partial charge in [0.15, 0.2) is 6.10 Å². The number of ether oxygens (including phenoxy) is 5. The van der Waals surface area contributed by atoms with Crippen molar-refractivity contribution in [2.24, 2.45) is 11.1 Å². The SMILES string of the molecule is CCCCCCCCCCCCCCCCC(=O)OCC(COP(=O)(O)OCCN=O)OC(=O)CCCCCCCCNCCNC(=O)O[C@@H]1CC[C@](O)(CCl)[C@@H]([C@@]2(C)O[C@@H]2CC=C(C)C)[C@@H]1OC. The average molecular weight is 1020 g/mol. The van der Waals surface area contributed by atoms with E-state index >= 15 is 0 Å². The van der Waals surface area contributed by atoms with Crippen molar-refractivity contribution in [3.05, 3.63) is 16.6 Å². The molecule has 19 heteroatoms. The Morgan fingerprint density at radius 1 is 0.841 bits per heavy atom. The van der Waals surface area contributed by atoms with Gasteiger partial charge >= 0.3 is 25.9 Å². The number of amides is 1. The minimum atomic E-state index is -4.56. The van der Waals surface area contributed by atoms with E-state index in [1.807, 2.05) is 20.8 Å². The van der Waals surface area contributed by atoms with Gasteiger partial charge in [-0.2, -0.15) is 4.91 Å². The minimum Gasteiger partial charge on any atom is -0.462 e. The molecule has 17 nitrogen and oxygen atoms in total. The van der Waals surface area contributed by atoms with Crippen LogP contribution >= 0.6 is 19.4 Å². The number of phosphoric ester groups is 1. The second-order valence-electron chi connectivity index (χ2n) is 19.3. The Bertz CT molecular complexity index is 1510. The third-order valence-electron chi connectivity index (χ3n) is 13.1. The van der Waals surface area contributed by atoms with Crippen LogP contribution in [0.25, 0.3) is 0 Å². The molecule has 1 aliphatic carbocycles. The Balaban J connectivity index is 1.60. The maximum atomic E-state index is 12.8. The normalized spacial score (nSPS) is 23.4. The molecular weight excluding hydrogens is 933 g/mol. The summed E-state index contributed by atoms with van der Waals surface area (Å²) >= 11 is 6.31. The number of carbonyl (C=O) groups is 3. The molecule has 0 aromatic rings. The molecule has 1 aliphatic heterocycles. The van der Waals surface area contributed by atoms with Gasteiger partial charge in [0.1, 0.15) is 31.0 Å². The molecule has 1 heterocycles. The molecule has 0 aromatic heterocycles. The molecule has 8 atom stereocenters. The van der Waals surface area contributed by atoms with Crippen molar-refractivity contribution in [3.63, 3.8) is 0 Å². The van der Waals surface area contributed by atoms with E-state index in [9.17, 15) is 33.9 Å². The number of nitrogens with zero attached hydrogens (tertiary/aromatic N) is 1. The van der Waals surface area contributed by atoms with Gasteiger partial charge in [-0.3, -0.25) is 18.6 Å². The van der Waals surface area contributed by atoms with E-state index in [2.05, 4.69) is 28.8 Å². The summed E-state index contributed by atoms with van der Waals surface area (Å²) in [5.41, 5.74) is -0.694. The van der Waals surface area contributed by atoms with Crippen LogP contribution in [-0.4, -0.2) is 123 Å². The number of hydrogen-bond donors (Lipinski definition) is 4. The fourth-order valence-corrected chi connectivity index (χ4v) is 10.1. The van der Waals surface area contributed by atoms with E-state index in [0.29, 0.717) is 45.2 Å². The molecule has 2 unspecified atom stereocenters. The summed E-state index contributed by atoms with van der Waals surface area (Å²) in [6.07, 6.45) is 23.1. The molecule has 0 radical (unpaired) electrons. The number of alkyl halides is 1. The molecule has 1 saturated heterocycles. The van der Waals surface area contributed by atoms with E-state index in [-0.39, 0.29) is 38.0 Å². The molecule has 1 amide bonds. The Labute approximate surface area is 418 Å². The lowest BCUT2D eigenvalue weighted by atomic mass is 9.66. The number of nitroso groups, excluding NO2 is 1. The second kappa shape index (κ2) is 36.7. The molecule has 2 aliphatic rings. The summed E-state index contributed by atoms with van der Waals surface area (Å²) < 4.78 is 50.6. The van der Waals surface area contributed by atoms with Gasteiger partial charge in [0.25, 0.3) is 0 Å². The minimum absolute atomic E-state index is 0.0225. The Kier molecular flexibility index (Phi) is 33.4. The van der Waals surface area contributed by atoms with Gasteiger partial charge in [0.05, 0.1) is 36.7 Å². The lowest BCUT2D eigenvalue weighted by Gasteiger charge is -2.48. The van der Waals surface area contributed by atoms with Crippen molar-refractivity contribution in [2.45, 2.75) is 224 Å². The predicted molar refractivity (Wildman–Crippen MR) is 268 cm³/mol. The molecule has 0 spiro atoms. The average Bonchev–Trinajstić information content (AvgIpc) is 3.99. The molecule has 69 heavy (non-hydrogen) atoms. The molecular formula is C50H91ClN3O14P. The maximum Gasteiger partial charge on any atom is 0.472 e. The van der Waals surface area contributed by atoms with Crippen LogP contribution in [0.3, 0.4) is 0 Å². The van der Waals surface area contributed by atoms with Crippen LogP contribution in [0, 0.1) is 10.8 Å². The van der Waals surface area contributed by atoms with Crippen LogP contribution in [0.5, 0.6) is 0 Å². The van der Waals surface area contributed by atoms with Crippen molar-refractivity contribution < 1.29 is 61.7 Å². The van der Waals surface area contributed by atoms with Gasteiger partial charge in [-0.15, -0.1) is 11.6 Å². The van der Waals surface area contributed by atoms with E-state index < -0.39 is 74.5 Å². The van der Waals surface area contributed by atoms with Crippen LogP contribution in [-0.2, 0) is 46.9 Å². The number of aliphatic hydroxyl groups is 1. The van der Waals surface area contributed by atoms with Gasteiger partial charge in [0.2, 0.25) is 0 Å². The highest BCUT2D eigenvalue weighted by Crippen LogP contribution is 2.55. The summed E-state index contributed by atoms with van der Waals surface area (Å²) in [6.45, 7) is 8.35. The number of allylic oxidation sites excluding steroid dienone is 1. The first-order valence-electron chi connectivity index (χ1n) is 26.2. The van der Waals surface area contributed by atoms with Crippen molar-refractivity contribution in [3.8, 4) is 0 Å². The predicted octanol–water partition coefficient (Wildman–Crippen LogP) is 10.5. The lowest BCUT2D eigenvalue weighted by molar-refractivity contribution is -0.170. The quantitative estimate of drug-likeness (QED) is 0.00651. The van der Waals surface area contributed by atoms with Gasteiger partial charge in [0, 0.05) is 33.0 Å². The monoisotopic (exact) mass is 1020 g/mol. The van der Waals surface area contributed by atoms with E-state index in [1.165, 1.54) is 69.8 Å². The molecule has 4 N–H and O–H groups in total. The number of hydrogen-bond acceptors (Lipinski definition) is 15. The summed E-state index contributed by atoms with van der Waals surface area (Å²) in [5, 5.41) is 20.3. The Morgan fingerprint density at radius 2 is 1.42 bits per heavy atom. The van der Waals surface area contributed by atoms with Crippen molar-refractivity contribution in [2.75, 3.05) is 59.0 Å². The van der Waals surface area contributed by atoms with Crippen LogP contribution in [0.4, 0.5) is 4.79 Å². The molecule has 0 bridgehead atoms. The highest BCUT2D eigenvalue weighted by atomic mass is 35.5. The summed E-state index contributed by atoms with van der Waals surface area (Å²) in [6, 6.07) is 0. The number of epoxide rings is 1. The molecule has 0 aromatic carbocycles. The smallest absolute Gasteiger partial charge is 0.462 e. The number of unbranched alkanes of at least 4 members (excludes halogenated alkanes) is 18. The summed E-state index contributed by atoms with van der Waals surface area (Å²) in [5.74, 6) is -1.45. The van der Waals surface area contributed by atoms with Crippen LogP contribution in [0.15, 0.2) is 16.8 Å². The molecule has 2 fully saturated rings. The largest absolute Gasteiger partial charge is 0.472 e. The van der Waals surface area contributed by atoms with E-state index in [0.717, 1.165) is 57.9 Å². The number of alkyl carbamates (subject to hydrolysis) is 1. The van der Waals surface area contributed by atoms with Crippen molar-refractivity contribution in [1.82, 2.24) is 10.6 Å². The van der Waals surface area contributed by atoms with Crippen LogP contribution in [0.1, 0.15) is 188 Å². The first-order valence-corrected chi connectivity index (χ1v) is 28.2. The first-order chi connectivity index (χ1) is 33.1. The third kappa shape index (κ3) is 27.4. The Hall–Kier alpha value is -2.21.